The van der Waals surface area contributed by atoms with Crippen LogP contribution in [-0.2, 0) is 16.2 Å². The molecule has 1 saturated heterocycles. The third-order valence-electron chi connectivity index (χ3n) is 7.24. The van der Waals surface area contributed by atoms with E-state index in [0.29, 0.717) is 60.7 Å². The number of nitrogens with zero attached hydrogens (tertiary/aromatic N) is 6. The lowest BCUT2D eigenvalue weighted by atomic mass is 10.1. The Morgan fingerprint density at radius 2 is 1.85 bits per heavy atom. The Labute approximate surface area is 239 Å². The molecule has 0 aromatic carbocycles. The molecule has 0 radical (unpaired) electrons. The number of aromatic nitrogens is 5. The van der Waals surface area contributed by atoms with E-state index in [1.54, 1.807) is 30.7 Å². The first-order chi connectivity index (χ1) is 19.3. The van der Waals surface area contributed by atoms with E-state index in [4.69, 9.17) is 14.5 Å². The van der Waals surface area contributed by atoms with Gasteiger partial charge in [0.1, 0.15) is 23.8 Å². The Bertz CT molecular complexity index is 1620. The number of amides is 1. The van der Waals surface area contributed by atoms with Crippen molar-refractivity contribution in [2.45, 2.75) is 77.7 Å². The van der Waals surface area contributed by atoms with Gasteiger partial charge in [-0.2, -0.15) is 0 Å². The summed E-state index contributed by atoms with van der Waals surface area (Å²) in [4.78, 5) is 37.5. The normalized spacial score (nSPS) is 15.2. The van der Waals surface area contributed by atoms with Gasteiger partial charge >= 0.3 is 11.8 Å². The van der Waals surface area contributed by atoms with Gasteiger partial charge in [0.2, 0.25) is 0 Å². The lowest BCUT2D eigenvalue weighted by Crippen LogP contribution is -2.43. The molecule has 12 heteroatoms. The van der Waals surface area contributed by atoms with E-state index in [0.717, 1.165) is 6.04 Å². The minimum absolute atomic E-state index is 0.130. The van der Waals surface area contributed by atoms with Crippen molar-refractivity contribution in [1.29, 1.82) is 0 Å². The molecular formula is C29H39FN6O4Si. The summed E-state index contributed by atoms with van der Waals surface area (Å²) in [5.41, 5.74) is 2.23. The number of hydrogen-bond acceptors (Lipinski definition) is 6. The van der Waals surface area contributed by atoms with Gasteiger partial charge in [-0.1, -0.05) is 19.6 Å². The Hall–Kier alpha value is -3.51. The van der Waals surface area contributed by atoms with Crippen LogP contribution in [0.2, 0.25) is 25.7 Å². The standard InChI is InChI=1S/C29H39FN6O4Si/c1-29(2,3)40-28(38)33-13-11-21(12-14-33)36-26-23(35(27(36)37)19-39-15-16-41(4,5)6)9-8-22(32-26)24-17-31-25-10-7-20(30)18-34(24)25/h7-10,17-18,21H,11-16,19H2,1-6H3. The molecule has 0 bridgehead atoms. The fourth-order valence-electron chi connectivity index (χ4n) is 5.06. The molecule has 1 aliphatic rings. The van der Waals surface area contributed by atoms with Crippen molar-refractivity contribution in [2.75, 3.05) is 19.7 Å². The van der Waals surface area contributed by atoms with E-state index >= 15 is 0 Å². The van der Waals surface area contributed by atoms with Crippen LogP contribution in [-0.4, -0.2) is 67.9 Å². The first-order valence-corrected chi connectivity index (χ1v) is 17.8. The molecule has 5 rings (SSSR count). The zero-order valence-corrected chi connectivity index (χ0v) is 25.7. The van der Waals surface area contributed by atoms with E-state index < -0.39 is 13.7 Å². The maximum absolute atomic E-state index is 14.1. The summed E-state index contributed by atoms with van der Waals surface area (Å²) in [5.74, 6) is -0.381. The maximum Gasteiger partial charge on any atom is 0.410 e. The Morgan fingerprint density at radius 1 is 1.12 bits per heavy atom. The predicted octanol–water partition coefficient (Wildman–Crippen LogP) is 5.54. The van der Waals surface area contributed by atoms with Gasteiger partial charge in [-0.3, -0.25) is 13.5 Å². The summed E-state index contributed by atoms with van der Waals surface area (Å²) in [7, 11) is -1.29. The van der Waals surface area contributed by atoms with Crippen LogP contribution >= 0.6 is 0 Å². The second-order valence-corrected chi connectivity index (χ2v) is 18.5. The van der Waals surface area contributed by atoms with Gasteiger partial charge in [0.05, 0.1) is 23.1 Å². The molecule has 4 aromatic heterocycles. The summed E-state index contributed by atoms with van der Waals surface area (Å²) in [6.07, 6.45) is 3.85. The second-order valence-electron chi connectivity index (χ2n) is 12.9. The first-order valence-electron chi connectivity index (χ1n) is 14.1. The van der Waals surface area contributed by atoms with E-state index in [2.05, 4.69) is 24.6 Å². The highest BCUT2D eigenvalue weighted by atomic mass is 28.3. The molecule has 0 atom stereocenters. The Kier molecular flexibility index (Phi) is 7.81. The number of halogens is 1. The number of pyridine rings is 2. The van der Waals surface area contributed by atoms with E-state index in [1.807, 2.05) is 32.9 Å². The fourth-order valence-corrected chi connectivity index (χ4v) is 5.82. The maximum atomic E-state index is 14.1. The molecule has 4 aromatic rings. The smallest absolute Gasteiger partial charge is 0.410 e. The average molecular weight is 583 g/mol. The SMILES string of the molecule is CC(C)(C)OC(=O)N1CCC(n2c(=O)n(COCC[Si](C)(C)C)c3ccc(-c4cnc5ccc(F)cn45)nc32)CC1. The predicted molar refractivity (Wildman–Crippen MR) is 158 cm³/mol. The van der Waals surface area contributed by atoms with E-state index in [-0.39, 0.29) is 30.4 Å². The molecule has 1 fully saturated rings. The third kappa shape index (κ3) is 6.38. The molecule has 0 spiro atoms. The van der Waals surface area contributed by atoms with Crippen LogP contribution in [0.5, 0.6) is 0 Å². The minimum Gasteiger partial charge on any atom is -0.444 e. The van der Waals surface area contributed by atoms with Gasteiger partial charge in [0.15, 0.2) is 5.65 Å². The highest BCUT2D eigenvalue weighted by Crippen LogP contribution is 2.28. The number of carbonyl (C=O) groups is 1. The largest absolute Gasteiger partial charge is 0.444 e. The van der Waals surface area contributed by atoms with Crippen molar-refractivity contribution >= 4 is 31.0 Å². The van der Waals surface area contributed by atoms with Gasteiger partial charge in [-0.05, 0) is 63.9 Å². The third-order valence-corrected chi connectivity index (χ3v) is 8.94. The van der Waals surface area contributed by atoms with Crippen LogP contribution in [0.15, 0.2) is 41.5 Å². The van der Waals surface area contributed by atoms with Gasteiger partial charge in [-0.15, -0.1) is 0 Å². The van der Waals surface area contributed by atoms with Crippen LogP contribution in [0.1, 0.15) is 39.7 Å². The molecule has 0 unspecified atom stereocenters. The minimum atomic E-state index is -1.29. The first kappa shape index (κ1) is 29.0. The number of hydrogen-bond donors (Lipinski definition) is 0. The molecule has 10 nitrogen and oxygen atoms in total. The molecule has 0 N–H and O–H groups in total. The van der Waals surface area contributed by atoms with Crippen molar-refractivity contribution in [1.82, 2.24) is 28.4 Å². The quantitative estimate of drug-likeness (QED) is 0.210. The second kappa shape index (κ2) is 11.0. The summed E-state index contributed by atoms with van der Waals surface area (Å²) in [6, 6.07) is 7.51. The highest BCUT2D eigenvalue weighted by molar-refractivity contribution is 6.76. The lowest BCUT2D eigenvalue weighted by Gasteiger charge is -2.33. The monoisotopic (exact) mass is 582 g/mol. The van der Waals surface area contributed by atoms with Crippen molar-refractivity contribution < 1.29 is 18.7 Å². The molecular weight excluding hydrogens is 543 g/mol. The summed E-state index contributed by atoms with van der Waals surface area (Å²) in [6.45, 7) is 14.1. The van der Waals surface area contributed by atoms with Crippen molar-refractivity contribution in [3.63, 3.8) is 0 Å². The summed E-state index contributed by atoms with van der Waals surface area (Å²) >= 11 is 0. The van der Waals surface area contributed by atoms with Crippen molar-refractivity contribution in [3.8, 4) is 11.4 Å². The zero-order chi connectivity index (χ0) is 29.5. The molecule has 41 heavy (non-hydrogen) atoms. The highest BCUT2D eigenvalue weighted by Gasteiger charge is 2.30. The van der Waals surface area contributed by atoms with Gasteiger partial charge < -0.3 is 14.4 Å². The van der Waals surface area contributed by atoms with E-state index in [9.17, 15) is 14.0 Å². The number of fused-ring (bicyclic) bond motifs is 2. The molecule has 0 saturated carbocycles. The van der Waals surface area contributed by atoms with Crippen LogP contribution in [0.25, 0.3) is 28.2 Å². The van der Waals surface area contributed by atoms with E-state index in [1.165, 1.54) is 12.3 Å². The number of carbonyl (C=O) groups excluding carboxylic acids is 1. The van der Waals surface area contributed by atoms with Gasteiger partial charge in [0, 0.05) is 40.0 Å². The molecule has 1 amide bonds. The van der Waals surface area contributed by atoms with Crippen LogP contribution in [0, 0.1) is 5.82 Å². The fraction of sp³-hybridized carbons (Fsp3) is 0.517. The topological polar surface area (TPSA) is 95.9 Å². The van der Waals surface area contributed by atoms with Crippen LogP contribution < -0.4 is 5.69 Å². The Morgan fingerprint density at radius 3 is 2.54 bits per heavy atom. The number of likely N-dealkylation sites (tertiary alicyclic amines) is 1. The molecule has 5 heterocycles. The van der Waals surface area contributed by atoms with Gasteiger partial charge in [0.25, 0.3) is 0 Å². The number of imidazole rings is 2. The number of piperidine rings is 1. The number of ether oxygens (including phenoxy) is 2. The number of rotatable bonds is 7. The van der Waals surface area contributed by atoms with Crippen LogP contribution in [0.3, 0.4) is 0 Å². The molecule has 1 aliphatic heterocycles. The zero-order valence-electron chi connectivity index (χ0n) is 24.7. The van der Waals surface area contributed by atoms with Crippen molar-refractivity contribution in [2.24, 2.45) is 0 Å². The van der Waals surface area contributed by atoms with Gasteiger partial charge in [-0.25, -0.2) is 23.9 Å². The van der Waals surface area contributed by atoms with Crippen LogP contribution in [0.4, 0.5) is 9.18 Å². The van der Waals surface area contributed by atoms with Crippen molar-refractivity contribution in [3.05, 3.63) is 53.0 Å². The molecule has 0 aliphatic carbocycles. The summed E-state index contributed by atoms with van der Waals surface area (Å²) in [5, 5.41) is 0. The average Bonchev–Trinajstić information content (AvgIpc) is 3.42. The Balaban J connectivity index is 1.49. The summed E-state index contributed by atoms with van der Waals surface area (Å²) < 4.78 is 30.6. The molecule has 220 valence electrons. The lowest BCUT2D eigenvalue weighted by molar-refractivity contribution is 0.0188.